The fourth-order valence-electron chi connectivity index (χ4n) is 1.63. The molecule has 1 rings (SSSR count). The SMILES string of the molecule is CC(C)CCO[C@@H]1OC(CO)[C@H](O)C(O)[C@H]1O. The normalized spacial score (nSPS) is 38.6. The average molecular weight is 250 g/mol. The van der Waals surface area contributed by atoms with Crippen molar-refractivity contribution in [3.05, 3.63) is 0 Å². The fraction of sp³-hybridized carbons (Fsp3) is 1.00. The Kier molecular flexibility index (Phi) is 5.78. The first-order chi connectivity index (χ1) is 7.97. The van der Waals surface area contributed by atoms with Crippen molar-refractivity contribution >= 4 is 0 Å². The van der Waals surface area contributed by atoms with E-state index in [-0.39, 0.29) is 0 Å². The Hall–Kier alpha value is -0.240. The summed E-state index contributed by atoms with van der Waals surface area (Å²) >= 11 is 0. The number of hydrogen-bond acceptors (Lipinski definition) is 6. The first-order valence-electron chi connectivity index (χ1n) is 5.89. The lowest BCUT2D eigenvalue weighted by molar-refractivity contribution is -0.301. The lowest BCUT2D eigenvalue weighted by Crippen LogP contribution is -2.59. The fourth-order valence-corrected chi connectivity index (χ4v) is 1.63. The van der Waals surface area contributed by atoms with Crippen LogP contribution < -0.4 is 0 Å². The van der Waals surface area contributed by atoms with Gasteiger partial charge in [-0.25, -0.2) is 0 Å². The molecule has 1 aliphatic heterocycles. The van der Waals surface area contributed by atoms with Crippen molar-refractivity contribution in [3.8, 4) is 0 Å². The third-order valence-corrected chi connectivity index (χ3v) is 2.83. The maximum atomic E-state index is 9.64. The zero-order valence-corrected chi connectivity index (χ0v) is 10.2. The first-order valence-corrected chi connectivity index (χ1v) is 5.89. The first kappa shape index (κ1) is 14.8. The van der Waals surface area contributed by atoms with E-state index in [1.54, 1.807) is 0 Å². The van der Waals surface area contributed by atoms with Gasteiger partial charge in [-0.1, -0.05) is 13.8 Å². The molecule has 2 unspecified atom stereocenters. The number of aliphatic hydroxyl groups is 4. The zero-order valence-electron chi connectivity index (χ0n) is 10.2. The van der Waals surface area contributed by atoms with Crippen molar-refractivity contribution in [3.63, 3.8) is 0 Å². The number of ether oxygens (including phenoxy) is 2. The molecule has 0 spiro atoms. The van der Waals surface area contributed by atoms with Crippen molar-refractivity contribution in [2.75, 3.05) is 13.2 Å². The zero-order chi connectivity index (χ0) is 13.0. The summed E-state index contributed by atoms with van der Waals surface area (Å²) in [6.07, 6.45) is -5.12. The van der Waals surface area contributed by atoms with E-state index in [1.165, 1.54) is 0 Å². The largest absolute Gasteiger partial charge is 0.394 e. The van der Waals surface area contributed by atoms with Gasteiger partial charge in [0.2, 0.25) is 0 Å². The standard InChI is InChI=1S/C11H22O6/c1-6(2)3-4-16-11-10(15)9(14)8(13)7(5-12)17-11/h6-15H,3-5H2,1-2H3/t7?,8-,9?,10+,11+/m0/s1. The molecule has 0 amide bonds. The summed E-state index contributed by atoms with van der Waals surface area (Å²) in [5.74, 6) is 0.458. The van der Waals surface area contributed by atoms with Crippen molar-refractivity contribution < 1.29 is 29.9 Å². The highest BCUT2D eigenvalue weighted by atomic mass is 16.7. The van der Waals surface area contributed by atoms with Gasteiger partial charge in [0, 0.05) is 0 Å². The van der Waals surface area contributed by atoms with Crippen LogP contribution in [0.5, 0.6) is 0 Å². The number of hydrogen-bond donors (Lipinski definition) is 4. The third kappa shape index (κ3) is 3.87. The van der Waals surface area contributed by atoms with Crippen LogP contribution in [0.3, 0.4) is 0 Å². The topological polar surface area (TPSA) is 99.4 Å². The predicted octanol–water partition coefficient (Wildman–Crippen LogP) is -1.15. The molecule has 1 heterocycles. The summed E-state index contributed by atoms with van der Waals surface area (Å²) in [6, 6.07) is 0. The second-order valence-electron chi connectivity index (χ2n) is 4.75. The van der Waals surface area contributed by atoms with Crippen molar-refractivity contribution in [1.82, 2.24) is 0 Å². The average Bonchev–Trinajstić information content (AvgIpc) is 2.29. The molecule has 6 heteroatoms. The summed E-state index contributed by atoms with van der Waals surface area (Å²) in [7, 11) is 0. The second kappa shape index (κ2) is 6.63. The minimum absolute atomic E-state index is 0.389. The summed E-state index contributed by atoms with van der Waals surface area (Å²) in [4.78, 5) is 0. The van der Waals surface area contributed by atoms with Gasteiger partial charge in [-0.15, -0.1) is 0 Å². The smallest absolute Gasteiger partial charge is 0.186 e. The van der Waals surface area contributed by atoms with Crippen LogP contribution in [0.25, 0.3) is 0 Å². The molecule has 0 aromatic heterocycles. The highest BCUT2D eigenvalue weighted by Crippen LogP contribution is 2.22. The van der Waals surface area contributed by atoms with Gasteiger partial charge in [0.1, 0.15) is 24.4 Å². The Morgan fingerprint density at radius 1 is 1.12 bits per heavy atom. The van der Waals surface area contributed by atoms with Gasteiger partial charge in [0.25, 0.3) is 0 Å². The van der Waals surface area contributed by atoms with Crippen LogP contribution in [0.4, 0.5) is 0 Å². The molecule has 1 fully saturated rings. The van der Waals surface area contributed by atoms with E-state index in [4.69, 9.17) is 14.6 Å². The van der Waals surface area contributed by atoms with E-state index in [1.807, 2.05) is 13.8 Å². The van der Waals surface area contributed by atoms with Crippen LogP contribution in [0.15, 0.2) is 0 Å². The van der Waals surface area contributed by atoms with E-state index in [0.29, 0.717) is 12.5 Å². The van der Waals surface area contributed by atoms with Gasteiger partial charge in [0.15, 0.2) is 6.29 Å². The molecule has 0 aromatic carbocycles. The molecule has 17 heavy (non-hydrogen) atoms. The van der Waals surface area contributed by atoms with Crippen LogP contribution in [0, 0.1) is 5.92 Å². The molecule has 4 N–H and O–H groups in total. The highest BCUT2D eigenvalue weighted by Gasteiger charge is 2.43. The summed E-state index contributed by atoms with van der Waals surface area (Å²) in [6.45, 7) is 4.03. The van der Waals surface area contributed by atoms with Crippen molar-refractivity contribution in [2.45, 2.75) is 51.0 Å². The van der Waals surface area contributed by atoms with Crippen LogP contribution >= 0.6 is 0 Å². The van der Waals surface area contributed by atoms with Crippen LogP contribution in [0.2, 0.25) is 0 Å². The summed E-state index contributed by atoms with van der Waals surface area (Å²) < 4.78 is 10.5. The Balaban J connectivity index is 2.47. The molecule has 1 saturated heterocycles. The molecule has 0 saturated carbocycles. The van der Waals surface area contributed by atoms with Crippen molar-refractivity contribution in [1.29, 1.82) is 0 Å². The maximum absolute atomic E-state index is 9.64. The Labute approximate surface area is 101 Å². The minimum atomic E-state index is -1.37. The monoisotopic (exact) mass is 250 g/mol. The van der Waals surface area contributed by atoms with E-state index in [0.717, 1.165) is 6.42 Å². The van der Waals surface area contributed by atoms with E-state index in [2.05, 4.69) is 0 Å². The van der Waals surface area contributed by atoms with Gasteiger partial charge in [-0.2, -0.15) is 0 Å². The van der Waals surface area contributed by atoms with Crippen LogP contribution in [-0.4, -0.2) is 64.3 Å². The molecule has 1 aliphatic rings. The van der Waals surface area contributed by atoms with Crippen LogP contribution in [0.1, 0.15) is 20.3 Å². The Morgan fingerprint density at radius 2 is 1.76 bits per heavy atom. The summed E-state index contributed by atoms with van der Waals surface area (Å²) in [5.41, 5.74) is 0. The number of aliphatic hydroxyl groups excluding tert-OH is 4. The Morgan fingerprint density at radius 3 is 2.29 bits per heavy atom. The molecule has 0 radical (unpaired) electrons. The predicted molar refractivity (Wildman–Crippen MR) is 59.2 cm³/mol. The van der Waals surface area contributed by atoms with E-state index in [9.17, 15) is 15.3 Å². The van der Waals surface area contributed by atoms with Gasteiger partial charge in [-0.05, 0) is 12.3 Å². The van der Waals surface area contributed by atoms with E-state index < -0.39 is 37.3 Å². The van der Waals surface area contributed by atoms with Gasteiger partial charge >= 0.3 is 0 Å². The molecule has 102 valence electrons. The maximum Gasteiger partial charge on any atom is 0.186 e. The summed E-state index contributed by atoms with van der Waals surface area (Å²) in [5, 5.41) is 37.7. The molecule has 0 bridgehead atoms. The number of rotatable bonds is 5. The minimum Gasteiger partial charge on any atom is -0.394 e. The Bertz CT molecular complexity index is 220. The molecule has 0 aliphatic carbocycles. The lowest BCUT2D eigenvalue weighted by Gasteiger charge is -2.39. The van der Waals surface area contributed by atoms with Crippen LogP contribution in [-0.2, 0) is 9.47 Å². The van der Waals surface area contributed by atoms with Gasteiger partial charge < -0.3 is 29.9 Å². The molecule has 6 nitrogen and oxygen atoms in total. The van der Waals surface area contributed by atoms with Gasteiger partial charge in [-0.3, -0.25) is 0 Å². The van der Waals surface area contributed by atoms with Crippen molar-refractivity contribution in [2.24, 2.45) is 5.92 Å². The molecular formula is C11H22O6. The van der Waals surface area contributed by atoms with Gasteiger partial charge in [0.05, 0.1) is 13.2 Å². The molecular weight excluding hydrogens is 228 g/mol. The second-order valence-corrected chi connectivity index (χ2v) is 4.75. The highest BCUT2D eigenvalue weighted by molar-refractivity contribution is 4.88. The molecule has 0 aromatic rings. The molecule has 5 atom stereocenters. The van der Waals surface area contributed by atoms with E-state index >= 15 is 0 Å². The quantitative estimate of drug-likeness (QED) is 0.492. The lowest BCUT2D eigenvalue weighted by atomic mass is 9.99. The third-order valence-electron chi connectivity index (χ3n) is 2.83.